The molecule has 0 aromatic heterocycles. The van der Waals surface area contributed by atoms with Crippen molar-refractivity contribution < 1.29 is 18.6 Å². The molecule has 4 atom stereocenters. The van der Waals surface area contributed by atoms with E-state index >= 15 is 0 Å². The van der Waals surface area contributed by atoms with Gasteiger partial charge in [-0.3, -0.25) is 0 Å². The van der Waals surface area contributed by atoms with Gasteiger partial charge in [-0.2, -0.15) is 0 Å². The van der Waals surface area contributed by atoms with Gasteiger partial charge in [0.25, 0.3) is 0 Å². The highest BCUT2D eigenvalue weighted by Crippen LogP contribution is 2.37. The molecule has 0 radical (unpaired) electrons. The van der Waals surface area contributed by atoms with E-state index in [4.69, 9.17) is 5.14 Å². The molecule has 2 aromatic rings. The quantitative estimate of drug-likeness (QED) is 0.312. The van der Waals surface area contributed by atoms with E-state index in [1.165, 1.54) is 5.56 Å². The lowest BCUT2D eigenvalue weighted by molar-refractivity contribution is 0.133. The van der Waals surface area contributed by atoms with Gasteiger partial charge in [-0.05, 0) is 66.9 Å². The van der Waals surface area contributed by atoms with Crippen LogP contribution in [0, 0.1) is 0 Å². The summed E-state index contributed by atoms with van der Waals surface area (Å²) in [5.74, 6) is 0. The molecule has 0 saturated carbocycles. The second kappa shape index (κ2) is 12.8. The Kier molecular flexibility index (Phi) is 10.8. The molecule has 0 aliphatic heterocycles. The fourth-order valence-corrected chi connectivity index (χ4v) is 5.47. The van der Waals surface area contributed by atoms with Gasteiger partial charge < -0.3 is 10.2 Å². The number of benzene rings is 2. The molecular weight excluding hydrogens is 446 g/mol. The third-order valence-corrected chi connectivity index (χ3v) is 8.35. The minimum absolute atomic E-state index is 0.0550. The zero-order valence-electron chi connectivity index (χ0n) is 21.0. The monoisotopic (exact) mass is 489 g/mol. The van der Waals surface area contributed by atoms with E-state index in [9.17, 15) is 18.6 Å². The minimum Gasteiger partial charge on any atom is -0.393 e. The van der Waals surface area contributed by atoms with Crippen LogP contribution in [0.4, 0.5) is 0 Å². The van der Waals surface area contributed by atoms with Crippen LogP contribution in [0.15, 0.2) is 60.7 Å². The van der Waals surface area contributed by atoms with Crippen molar-refractivity contribution in [2.24, 2.45) is 5.14 Å². The van der Waals surface area contributed by atoms with Crippen LogP contribution in [-0.4, -0.2) is 30.2 Å². The molecule has 0 spiro atoms. The summed E-state index contributed by atoms with van der Waals surface area (Å²) in [6.07, 6.45) is 6.35. The number of aliphatic hydroxyl groups is 2. The highest BCUT2D eigenvalue weighted by Gasteiger charge is 2.30. The predicted octanol–water partition coefficient (Wildman–Crippen LogP) is 5.40. The fraction of sp³-hybridized carbons (Fsp3) is 0.571. The summed E-state index contributed by atoms with van der Waals surface area (Å²) >= 11 is 0. The highest BCUT2D eigenvalue weighted by molar-refractivity contribution is 7.89. The predicted molar refractivity (Wildman–Crippen MR) is 140 cm³/mol. The Balaban J connectivity index is 1.97. The van der Waals surface area contributed by atoms with Crippen molar-refractivity contribution in [3.63, 3.8) is 0 Å². The Morgan fingerprint density at radius 3 is 1.71 bits per heavy atom. The molecule has 0 heterocycles. The Morgan fingerprint density at radius 1 is 0.765 bits per heavy atom. The van der Waals surface area contributed by atoms with E-state index in [2.05, 4.69) is 45.0 Å². The van der Waals surface area contributed by atoms with Crippen LogP contribution < -0.4 is 5.14 Å². The van der Waals surface area contributed by atoms with Crippen molar-refractivity contribution in [2.45, 2.75) is 101 Å². The molecule has 2 aromatic carbocycles. The van der Waals surface area contributed by atoms with E-state index in [0.29, 0.717) is 12.8 Å². The maximum absolute atomic E-state index is 11.5. The van der Waals surface area contributed by atoms with Crippen LogP contribution >= 0.6 is 0 Å². The zero-order chi connectivity index (χ0) is 25.2. The lowest BCUT2D eigenvalue weighted by atomic mass is 9.73. The zero-order valence-corrected chi connectivity index (χ0v) is 21.8. The molecule has 6 heteroatoms. The third kappa shape index (κ3) is 8.49. The van der Waals surface area contributed by atoms with E-state index in [1.54, 1.807) is 0 Å². The Labute approximate surface area is 206 Å². The van der Waals surface area contributed by atoms with Gasteiger partial charge in [0.05, 0.1) is 6.10 Å². The molecule has 0 bridgehead atoms. The summed E-state index contributed by atoms with van der Waals surface area (Å²) in [4.78, 5) is 0. The number of primary sulfonamides is 1. The van der Waals surface area contributed by atoms with E-state index in [0.717, 1.165) is 44.1 Å². The van der Waals surface area contributed by atoms with Crippen molar-refractivity contribution in [1.29, 1.82) is 0 Å². The summed E-state index contributed by atoms with van der Waals surface area (Å²) in [5.41, 5.74) is 0.613. The Bertz CT molecular complexity index is 951. The SMILES string of the molecule is CCCC(C)(CCC(O)CCCC(C)(CCC(O)S(N)(=O)=O)c1ccccc1)c1ccccc1. The first-order valence-electron chi connectivity index (χ1n) is 12.5. The van der Waals surface area contributed by atoms with Crippen molar-refractivity contribution in [3.8, 4) is 0 Å². The Morgan fingerprint density at radius 2 is 1.24 bits per heavy atom. The second-order valence-corrected chi connectivity index (χ2v) is 12.0. The molecule has 190 valence electrons. The van der Waals surface area contributed by atoms with Crippen LogP contribution in [0.5, 0.6) is 0 Å². The second-order valence-electron chi connectivity index (χ2n) is 10.3. The van der Waals surface area contributed by atoms with Gasteiger partial charge in [0.2, 0.25) is 10.0 Å². The average molecular weight is 490 g/mol. The van der Waals surface area contributed by atoms with Crippen LogP contribution in [-0.2, 0) is 20.9 Å². The standard InChI is InChI=1S/C28H43NO4S/c1-4-19-27(2,23-12-7-5-8-13-23)21-17-25(30)16-11-20-28(3,24-14-9-6-10-15-24)22-18-26(31)34(29,32)33/h5-10,12-15,25-26,30-31H,4,11,16-22H2,1-3H3,(H2,29,32,33). The van der Waals surface area contributed by atoms with Crippen LogP contribution in [0.3, 0.4) is 0 Å². The highest BCUT2D eigenvalue weighted by atomic mass is 32.2. The molecule has 0 aliphatic carbocycles. The van der Waals surface area contributed by atoms with Gasteiger partial charge in [-0.25, -0.2) is 13.6 Å². The average Bonchev–Trinajstić information content (AvgIpc) is 2.82. The van der Waals surface area contributed by atoms with Crippen molar-refractivity contribution in [2.75, 3.05) is 0 Å². The van der Waals surface area contributed by atoms with Crippen molar-refractivity contribution in [3.05, 3.63) is 71.8 Å². The number of hydrogen-bond donors (Lipinski definition) is 3. The van der Waals surface area contributed by atoms with Gasteiger partial charge in [-0.1, -0.05) is 94.3 Å². The normalized spacial score (nSPS) is 17.5. The largest absolute Gasteiger partial charge is 0.393 e. The van der Waals surface area contributed by atoms with Crippen molar-refractivity contribution >= 4 is 10.0 Å². The minimum atomic E-state index is -3.97. The maximum atomic E-state index is 11.5. The summed E-state index contributed by atoms with van der Waals surface area (Å²) < 4.78 is 23.0. The molecule has 4 unspecified atom stereocenters. The maximum Gasteiger partial charge on any atom is 0.235 e. The number of sulfonamides is 1. The van der Waals surface area contributed by atoms with Gasteiger partial charge in [-0.15, -0.1) is 0 Å². The van der Waals surface area contributed by atoms with Gasteiger partial charge in [0.1, 0.15) is 0 Å². The lowest BCUT2D eigenvalue weighted by Gasteiger charge is -2.32. The van der Waals surface area contributed by atoms with E-state index < -0.39 is 15.5 Å². The molecule has 34 heavy (non-hydrogen) atoms. The molecule has 5 nitrogen and oxygen atoms in total. The number of hydrogen-bond acceptors (Lipinski definition) is 4. The summed E-state index contributed by atoms with van der Waals surface area (Å²) in [5, 5.41) is 25.8. The number of nitrogens with two attached hydrogens (primary N) is 1. The smallest absolute Gasteiger partial charge is 0.235 e. The third-order valence-electron chi connectivity index (χ3n) is 7.36. The molecule has 0 aliphatic rings. The van der Waals surface area contributed by atoms with Gasteiger partial charge >= 0.3 is 0 Å². The molecule has 0 saturated heterocycles. The van der Waals surface area contributed by atoms with Gasteiger partial charge in [0, 0.05) is 0 Å². The molecular formula is C28H43NO4S. The Hall–Kier alpha value is -1.73. The summed E-state index contributed by atoms with van der Waals surface area (Å²) in [7, 11) is -3.97. The van der Waals surface area contributed by atoms with Crippen LogP contribution in [0.1, 0.15) is 89.7 Å². The molecule has 2 rings (SSSR count). The lowest BCUT2D eigenvalue weighted by Crippen LogP contribution is -2.31. The van der Waals surface area contributed by atoms with Crippen LogP contribution in [0.2, 0.25) is 0 Å². The number of rotatable bonds is 15. The van der Waals surface area contributed by atoms with Crippen LogP contribution in [0.25, 0.3) is 0 Å². The van der Waals surface area contributed by atoms with Gasteiger partial charge in [0.15, 0.2) is 5.44 Å². The molecule has 0 amide bonds. The number of aliphatic hydroxyl groups excluding tert-OH is 2. The topological polar surface area (TPSA) is 101 Å². The fourth-order valence-electron chi connectivity index (χ4n) is 5.02. The molecule has 4 N–H and O–H groups in total. The van der Waals surface area contributed by atoms with Crippen molar-refractivity contribution in [1.82, 2.24) is 0 Å². The first kappa shape index (κ1) is 28.5. The summed E-state index contributed by atoms with van der Waals surface area (Å²) in [6, 6.07) is 20.5. The molecule has 0 fully saturated rings. The first-order chi connectivity index (χ1) is 16.0. The van der Waals surface area contributed by atoms with E-state index in [-0.39, 0.29) is 23.4 Å². The van der Waals surface area contributed by atoms with E-state index in [1.807, 2.05) is 36.4 Å². The first-order valence-corrected chi connectivity index (χ1v) is 14.1. The summed E-state index contributed by atoms with van der Waals surface area (Å²) in [6.45, 7) is 6.59.